The van der Waals surface area contributed by atoms with Crippen molar-refractivity contribution >= 4 is 27.5 Å². The molecule has 202 valence electrons. The lowest BCUT2D eigenvalue weighted by atomic mass is 10.1. The zero-order valence-corrected chi connectivity index (χ0v) is 23.1. The van der Waals surface area contributed by atoms with Crippen LogP contribution in [-0.2, 0) is 26.2 Å². The Labute approximate surface area is 225 Å². The topological polar surface area (TPSA) is 96.0 Å². The number of hydrogen-bond donors (Lipinski definition) is 1. The molecule has 38 heavy (non-hydrogen) atoms. The first-order valence-corrected chi connectivity index (χ1v) is 14.0. The number of hydrogen-bond acceptors (Lipinski definition) is 5. The summed E-state index contributed by atoms with van der Waals surface area (Å²) in [4.78, 5) is 28.3. The van der Waals surface area contributed by atoms with Gasteiger partial charge in [-0.25, -0.2) is 8.42 Å². The maximum absolute atomic E-state index is 13.9. The molecule has 0 aliphatic rings. The number of benzene rings is 3. The Morgan fingerprint density at radius 1 is 0.974 bits per heavy atom. The largest absolute Gasteiger partial charge is 0.497 e. The molecule has 8 nitrogen and oxygen atoms in total. The summed E-state index contributed by atoms with van der Waals surface area (Å²) in [5.74, 6) is -0.197. The average Bonchev–Trinajstić information content (AvgIpc) is 2.93. The third-order valence-corrected chi connectivity index (χ3v) is 7.97. The number of amides is 2. The van der Waals surface area contributed by atoms with Crippen molar-refractivity contribution < 1.29 is 22.7 Å². The van der Waals surface area contributed by atoms with Crippen LogP contribution in [0.5, 0.6) is 5.75 Å². The van der Waals surface area contributed by atoms with Crippen molar-refractivity contribution in [2.24, 2.45) is 0 Å². The van der Waals surface area contributed by atoms with E-state index >= 15 is 0 Å². The van der Waals surface area contributed by atoms with Crippen LogP contribution in [0.4, 0.5) is 5.69 Å². The molecule has 0 saturated carbocycles. The molecule has 0 aromatic heterocycles. The van der Waals surface area contributed by atoms with Gasteiger partial charge in [-0.3, -0.25) is 13.9 Å². The molecule has 0 spiro atoms. The van der Waals surface area contributed by atoms with E-state index in [9.17, 15) is 18.0 Å². The maximum atomic E-state index is 13.9. The molecule has 1 N–H and O–H groups in total. The second-order valence-electron chi connectivity index (χ2n) is 8.95. The smallest absolute Gasteiger partial charge is 0.264 e. The van der Waals surface area contributed by atoms with Crippen molar-refractivity contribution in [3.63, 3.8) is 0 Å². The highest BCUT2D eigenvalue weighted by Crippen LogP contribution is 2.27. The summed E-state index contributed by atoms with van der Waals surface area (Å²) in [6.45, 7) is 5.48. The number of sulfonamides is 1. The Hall–Kier alpha value is -3.85. The van der Waals surface area contributed by atoms with Crippen molar-refractivity contribution in [3.05, 3.63) is 90.0 Å². The van der Waals surface area contributed by atoms with Gasteiger partial charge in [0.25, 0.3) is 10.0 Å². The Bertz CT molecular complexity index is 1350. The summed E-state index contributed by atoms with van der Waals surface area (Å²) in [5, 5.41) is 2.84. The van der Waals surface area contributed by atoms with Crippen LogP contribution in [0.3, 0.4) is 0 Å². The first-order valence-electron chi connectivity index (χ1n) is 12.5. The van der Waals surface area contributed by atoms with E-state index in [2.05, 4.69) is 5.32 Å². The molecule has 1 atom stereocenters. The van der Waals surface area contributed by atoms with Gasteiger partial charge in [-0.1, -0.05) is 55.5 Å². The molecular weight excluding hydrogens is 502 g/mol. The molecule has 9 heteroatoms. The summed E-state index contributed by atoms with van der Waals surface area (Å²) >= 11 is 0. The minimum Gasteiger partial charge on any atom is -0.497 e. The molecule has 0 bridgehead atoms. The van der Waals surface area contributed by atoms with E-state index in [1.807, 2.05) is 19.1 Å². The predicted molar refractivity (Wildman–Crippen MR) is 148 cm³/mol. The number of rotatable bonds is 12. The van der Waals surface area contributed by atoms with Gasteiger partial charge in [-0.05, 0) is 61.7 Å². The lowest BCUT2D eigenvalue weighted by Crippen LogP contribution is -2.51. The van der Waals surface area contributed by atoms with Crippen LogP contribution in [0.2, 0.25) is 0 Å². The molecule has 1 unspecified atom stereocenters. The van der Waals surface area contributed by atoms with Gasteiger partial charge in [0.1, 0.15) is 18.3 Å². The molecule has 3 aromatic carbocycles. The van der Waals surface area contributed by atoms with E-state index in [1.165, 1.54) is 17.0 Å². The molecular formula is C29H35N3O5S. The van der Waals surface area contributed by atoms with Crippen molar-refractivity contribution in [2.45, 2.75) is 44.7 Å². The lowest BCUT2D eigenvalue weighted by molar-refractivity contribution is -0.139. The van der Waals surface area contributed by atoms with Crippen LogP contribution in [0.15, 0.2) is 83.8 Å². The fourth-order valence-corrected chi connectivity index (χ4v) is 5.52. The van der Waals surface area contributed by atoms with Crippen LogP contribution in [0, 0.1) is 6.92 Å². The Kier molecular flexibility index (Phi) is 9.90. The summed E-state index contributed by atoms with van der Waals surface area (Å²) in [6.07, 6.45) is 0.749. The quantitative estimate of drug-likeness (QED) is 0.375. The van der Waals surface area contributed by atoms with E-state index in [0.717, 1.165) is 16.3 Å². The second-order valence-corrected chi connectivity index (χ2v) is 10.8. The molecule has 0 aliphatic heterocycles. The highest BCUT2D eigenvalue weighted by molar-refractivity contribution is 7.92. The van der Waals surface area contributed by atoms with E-state index in [0.29, 0.717) is 23.5 Å². The molecule has 0 radical (unpaired) electrons. The second kappa shape index (κ2) is 13.1. The van der Waals surface area contributed by atoms with Gasteiger partial charge in [0.05, 0.1) is 17.7 Å². The van der Waals surface area contributed by atoms with Crippen LogP contribution in [0.1, 0.15) is 31.4 Å². The lowest BCUT2D eigenvalue weighted by Gasteiger charge is -2.32. The molecule has 0 heterocycles. The minimum atomic E-state index is -4.08. The average molecular weight is 538 g/mol. The molecule has 3 aromatic rings. The first-order chi connectivity index (χ1) is 18.2. The number of aryl methyl sites for hydroxylation is 1. The van der Waals surface area contributed by atoms with E-state index in [-0.39, 0.29) is 17.3 Å². The number of nitrogens with zero attached hydrogens (tertiary/aromatic N) is 2. The van der Waals surface area contributed by atoms with Crippen molar-refractivity contribution in [2.75, 3.05) is 24.5 Å². The summed E-state index contributed by atoms with van der Waals surface area (Å²) in [6, 6.07) is 21.4. The van der Waals surface area contributed by atoms with Crippen LogP contribution in [-0.4, -0.2) is 51.4 Å². The van der Waals surface area contributed by atoms with Gasteiger partial charge in [0.15, 0.2) is 0 Å². The molecule has 0 aliphatic carbocycles. The Morgan fingerprint density at radius 3 is 2.32 bits per heavy atom. The number of carbonyl (C=O) groups excluding carboxylic acids is 2. The standard InChI is InChI=1S/C29H35N3O5S/c1-5-18-30-29(34)23(3)31(20-24-13-11-14-25(19-24)37-4)28(33)21-32(27-17-10-9-12-22(27)2)38(35,36)26-15-7-6-8-16-26/h6-17,19,23H,5,18,20-21H2,1-4H3,(H,30,34). The van der Waals surface area contributed by atoms with Gasteiger partial charge in [0, 0.05) is 13.1 Å². The van der Waals surface area contributed by atoms with Crippen LogP contribution >= 0.6 is 0 Å². The normalized spacial score (nSPS) is 11.9. The first kappa shape index (κ1) is 28.7. The third kappa shape index (κ3) is 6.92. The SMILES string of the molecule is CCCNC(=O)C(C)N(Cc1cccc(OC)c1)C(=O)CN(c1ccccc1C)S(=O)(=O)c1ccccc1. The number of carbonyl (C=O) groups is 2. The molecule has 2 amide bonds. The minimum absolute atomic E-state index is 0.0733. The Morgan fingerprint density at radius 2 is 1.66 bits per heavy atom. The summed E-state index contributed by atoms with van der Waals surface area (Å²) in [5.41, 5.74) is 1.85. The fourth-order valence-electron chi connectivity index (χ4n) is 4.02. The number of anilines is 1. The maximum Gasteiger partial charge on any atom is 0.264 e. The zero-order chi connectivity index (χ0) is 27.7. The molecule has 0 saturated heterocycles. The van der Waals surface area contributed by atoms with Gasteiger partial charge in [-0.15, -0.1) is 0 Å². The number of methoxy groups -OCH3 is 1. The van der Waals surface area contributed by atoms with Crippen molar-refractivity contribution in [1.29, 1.82) is 0 Å². The van der Waals surface area contributed by atoms with Gasteiger partial charge < -0.3 is 15.0 Å². The fraction of sp³-hybridized carbons (Fsp3) is 0.310. The van der Waals surface area contributed by atoms with Crippen molar-refractivity contribution in [3.8, 4) is 5.75 Å². The zero-order valence-electron chi connectivity index (χ0n) is 22.3. The van der Waals surface area contributed by atoms with Crippen LogP contribution < -0.4 is 14.4 Å². The number of para-hydroxylation sites is 1. The summed E-state index contributed by atoms with van der Waals surface area (Å²) in [7, 11) is -2.53. The monoisotopic (exact) mass is 537 g/mol. The Balaban J connectivity index is 2.02. The van der Waals surface area contributed by atoms with E-state index in [4.69, 9.17) is 4.74 Å². The number of ether oxygens (including phenoxy) is 1. The van der Waals surface area contributed by atoms with E-state index in [1.54, 1.807) is 75.6 Å². The highest BCUT2D eigenvalue weighted by atomic mass is 32.2. The van der Waals surface area contributed by atoms with Gasteiger partial charge in [-0.2, -0.15) is 0 Å². The van der Waals surface area contributed by atoms with Gasteiger partial charge >= 0.3 is 0 Å². The van der Waals surface area contributed by atoms with Crippen molar-refractivity contribution in [1.82, 2.24) is 10.2 Å². The number of nitrogens with one attached hydrogen (secondary N) is 1. The van der Waals surface area contributed by atoms with Gasteiger partial charge in [0.2, 0.25) is 11.8 Å². The molecule has 0 fully saturated rings. The third-order valence-electron chi connectivity index (χ3n) is 6.20. The highest BCUT2D eigenvalue weighted by Gasteiger charge is 2.33. The van der Waals surface area contributed by atoms with Crippen LogP contribution in [0.25, 0.3) is 0 Å². The molecule has 3 rings (SSSR count). The summed E-state index contributed by atoms with van der Waals surface area (Å²) < 4.78 is 34.0. The van der Waals surface area contributed by atoms with E-state index < -0.39 is 28.5 Å². The predicted octanol–water partition coefficient (Wildman–Crippen LogP) is 4.14.